The number of ketones is 1. The third-order valence-corrected chi connectivity index (χ3v) is 4.05. The standard InChI is InChI=1S/C8H8O.C7H8O2S.C5H5N.4C2H6/c1-7(9)8-5-3-2-4-6-8;1-10(8,9)7-5-3-2-4-6-7;1-2-4-6-5-3-1;4*1-2/h2-6H,1H3;2-6H,1H3;1-5H;4*1-2H3. The van der Waals surface area contributed by atoms with E-state index in [1.807, 2.05) is 104 Å². The van der Waals surface area contributed by atoms with Crippen LogP contribution in [0.3, 0.4) is 0 Å². The van der Waals surface area contributed by atoms with E-state index in [9.17, 15) is 13.2 Å². The van der Waals surface area contributed by atoms with Gasteiger partial charge < -0.3 is 0 Å². The number of aromatic nitrogens is 1. The van der Waals surface area contributed by atoms with Crippen LogP contribution in [0.4, 0.5) is 0 Å². The summed E-state index contributed by atoms with van der Waals surface area (Å²) in [6.45, 7) is 17.6. The molecule has 2 aromatic carbocycles. The zero-order chi connectivity index (χ0) is 26.5. The van der Waals surface area contributed by atoms with E-state index in [1.165, 1.54) is 6.26 Å². The Balaban J connectivity index is -0.000000168. The van der Waals surface area contributed by atoms with Gasteiger partial charge in [-0.3, -0.25) is 9.78 Å². The lowest BCUT2D eigenvalue weighted by Gasteiger charge is -1.93. The molecule has 0 aliphatic heterocycles. The molecule has 3 aromatic rings. The van der Waals surface area contributed by atoms with Crippen LogP contribution in [0.5, 0.6) is 0 Å². The van der Waals surface area contributed by atoms with Crippen molar-refractivity contribution in [2.75, 3.05) is 6.26 Å². The molecule has 0 unspecified atom stereocenters. The number of rotatable bonds is 2. The first-order chi connectivity index (χ1) is 15.9. The maximum Gasteiger partial charge on any atom is 0.175 e. The summed E-state index contributed by atoms with van der Waals surface area (Å²) in [5.74, 6) is 0.121. The fraction of sp³-hybridized carbons (Fsp3) is 0.357. The van der Waals surface area contributed by atoms with Crippen molar-refractivity contribution in [1.29, 1.82) is 0 Å². The average molecular weight is 476 g/mol. The lowest BCUT2D eigenvalue weighted by Crippen LogP contribution is -1.95. The molecular weight excluding hydrogens is 430 g/mol. The van der Waals surface area contributed by atoms with Crippen LogP contribution in [0.25, 0.3) is 0 Å². The van der Waals surface area contributed by atoms with E-state index in [0.29, 0.717) is 4.90 Å². The zero-order valence-corrected chi connectivity index (χ0v) is 23.1. The Hall–Kier alpha value is -2.79. The maximum atomic E-state index is 10.8. The number of hydrogen-bond donors (Lipinski definition) is 0. The first-order valence-electron chi connectivity index (χ1n) is 11.6. The first kappa shape index (κ1) is 37.5. The number of carbonyl (C=O) groups is 1. The predicted octanol–water partition coefficient (Wildman–Crippen LogP) is 8.17. The van der Waals surface area contributed by atoms with Crippen molar-refractivity contribution >= 4 is 15.6 Å². The van der Waals surface area contributed by atoms with Crippen molar-refractivity contribution in [3.8, 4) is 0 Å². The van der Waals surface area contributed by atoms with Crippen LogP contribution in [0, 0.1) is 0 Å². The van der Waals surface area contributed by atoms with Crippen molar-refractivity contribution < 1.29 is 13.2 Å². The molecule has 3 rings (SSSR count). The Labute approximate surface area is 204 Å². The van der Waals surface area contributed by atoms with Crippen molar-refractivity contribution in [1.82, 2.24) is 4.98 Å². The van der Waals surface area contributed by atoms with Gasteiger partial charge in [-0.1, -0.05) is 110 Å². The van der Waals surface area contributed by atoms with Crippen molar-refractivity contribution in [2.45, 2.75) is 67.2 Å². The highest BCUT2D eigenvalue weighted by molar-refractivity contribution is 7.90. The minimum atomic E-state index is -3.00. The van der Waals surface area contributed by atoms with Gasteiger partial charge in [0, 0.05) is 24.2 Å². The normalized spacial score (nSPS) is 8.06. The summed E-state index contributed by atoms with van der Waals surface area (Å²) in [6.07, 6.45) is 4.70. The fourth-order valence-electron chi connectivity index (χ4n) is 1.65. The highest BCUT2D eigenvalue weighted by atomic mass is 32.2. The molecule has 186 valence electrons. The molecule has 0 atom stereocenters. The van der Waals surface area contributed by atoms with Crippen LogP contribution in [0.15, 0.2) is 96.2 Å². The van der Waals surface area contributed by atoms with Crippen molar-refractivity contribution in [3.05, 3.63) is 96.8 Å². The minimum Gasteiger partial charge on any atom is -0.295 e. The largest absolute Gasteiger partial charge is 0.295 e. The van der Waals surface area contributed by atoms with E-state index in [4.69, 9.17) is 0 Å². The van der Waals surface area contributed by atoms with Gasteiger partial charge in [0.25, 0.3) is 0 Å². The molecule has 0 N–H and O–H groups in total. The highest BCUT2D eigenvalue weighted by Gasteiger charge is 2.02. The van der Waals surface area contributed by atoms with Gasteiger partial charge in [0.1, 0.15) is 0 Å². The molecule has 0 aliphatic rings. The van der Waals surface area contributed by atoms with Crippen LogP contribution in [0.1, 0.15) is 72.7 Å². The number of sulfone groups is 1. The van der Waals surface area contributed by atoms with E-state index in [1.54, 1.807) is 49.6 Å². The van der Waals surface area contributed by atoms with Crippen LogP contribution in [-0.2, 0) is 9.84 Å². The van der Waals surface area contributed by atoms with E-state index in [-0.39, 0.29) is 5.78 Å². The third-order valence-electron chi connectivity index (χ3n) is 2.92. The maximum absolute atomic E-state index is 10.8. The van der Waals surface area contributed by atoms with Crippen molar-refractivity contribution in [3.63, 3.8) is 0 Å². The number of benzene rings is 2. The molecule has 0 bridgehead atoms. The van der Waals surface area contributed by atoms with Crippen molar-refractivity contribution in [2.24, 2.45) is 0 Å². The predicted molar refractivity (Wildman–Crippen MR) is 146 cm³/mol. The van der Waals surface area contributed by atoms with E-state index in [2.05, 4.69) is 4.98 Å². The summed E-state index contributed by atoms with van der Waals surface area (Å²) in [5.41, 5.74) is 0.775. The van der Waals surface area contributed by atoms with Crippen LogP contribution >= 0.6 is 0 Å². The summed E-state index contributed by atoms with van der Waals surface area (Å²) in [6, 6.07) is 23.3. The van der Waals surface area contributed by atoms with Gasteiger partial charge in [0.15, 0.2) is 15.6 Å². The van der Waals surface area contributed by atoms with Gasteiger partial charge >= 0.3 is 0 Å². The summed E-state index contributed by atoms with van der Waals surface area (Å²) in [5, 5.41) is 0. The Bertz CT molecular complexity index is 809. The topological polar surface area (TPSA) is 64.1 Å². The molecule has 0 fully saturated rings. The molecular formula is C28H45NO3S. The number of Topliss-reactive ketones (excluding diaryl/α,β-unsaturated/α-hetero) is 1. The molecule has 33 heavy (non-hydrogen) atoms. The number of nitrogens with zero attached hydrogens (tertiary/aromatic N) is 1. The molecule has 1 aromatic heterocycles. The Morgan fingerprint density at radius 1 is 0.606 bits per heavy atom. The highest BCUT2D eigenvalue weighted by Crippen LogP contribution is 2.05. The molecule has 0 saturated heterocycles. The Kier molecular flexibility index (Phi) is 33.2. The molecule has 0 aliphatic carbocycles. The van der Waals surface area contributed by atoms with Gasteiger partial charge in [-0.05, 0) is 31.2 Å². The Morgan fingerprint density at radius 3 is 1.12 bits per heavy atom. The van der Waals surface area contributed by atoms with Gasteiger partial charge in [-0.25, -0.2) is 8.42 Å². The SMILES string of the molecule is CC.CC.CC.CC.CC(=O)c1ccccc1.CS(=O)(=O)c1ccccc1.c1ccncc1. The molecule has 0 spiro atoms. The summed E-state index contributed by atoms with van der Waals surface area (Å²) in [7, 11) is -3.00. The number of hydrogen-bond acceptors (Lipinski definition) is 4. The number of carbonyl (C=O) groups excluding carboxylic acids is 1. The molecule has 0 saturated carbocycles. The molecule has 0 radical (unpaired) electrons. The van der Waals surface area contributed by atoms with Gasteiger partial charge in [0.05, 0.1) is 4.90 Å². The quantitative estimate of drug-likeness (QED) is 0.351. The van der Waals surface area contributed by atoms with Gasteiger partial charge in [-0.2, -0.15) is 0 Å². The second kappa shape index (κ2) is 29.2. The summed E-state index contributed by atoms with van der Waals surface area (Å²) >= 11 is 0. The molecule has 1 heterocycles. The zero-order valence-electron chi connectivity index (χ0n) is 22.2. The Morgan fingerprint density at radius 2 is 0.939 bits per heavy atom. The minimum absolute atomic E-state index is 0.121. The molecule has 4 nitrogen and oxygen atoms in total. The second-order valence-electron chi connectivity index (χ2n) is 5.03. The third kappa shape index (κ3) is 25.3. The van der Waals surface area contributed by atoms with Crippen LogP contribution < -0.4 is 0 Å². The van der Waals surface area contributed by atoms with E-state index < -0.39 is 9.84 Å². The summed E-state index contributed by atoms with van der Waals surface area (Å²) < 4.78 is 21.7. The van der Waals surface area contributed by atoms with Crippen LogP contribution in [0.2, 0.25) is 0 Å². The number of pyridine rings is 1. The monoisotopic (exact) mass is 475 g/mol. The van der Waals surface area contributed by atoms with Gasteiger partial charge in [-0.15, -0.1) is 0 Å². The lowest BCUT2D eigenvalue weighted by molar-refractivity contribution is 0.101. The van der Waals surface area contributed by atoms with Gasteiger partial charge in [0.2, 0.25) is 0 Å². The average Bonchev–Trinajstić information content (AvgIpc) is 2.91. The second-order valence-corrected chi connectivity index (χ2v) is 7.05. The summed E-state index contributed by atoms with van der Waals surface area (Å²) in [4.78, 5) is 14.8. The molecule has 5 heteroatoms. The van der Waals surface area contributed by atoms with Crippen LogP contribution in [-0.4, -0.2) is 25.4 Å². The fourth-order valence-corrected chi connectivity index (χ4v) is 2.30. The van der Waals surface area contributed by atoms with E-state index in [0.717, 1.165) is 5.56 Å². The molecule has 0 amide bonds. The van der Waals surface area contributed by atoms with E-state index >= 15 is 0 Å². The first-order valence-corrected chi connectivity index (χ1v) is 13.5. The lowest BCUT2D eigenvalue weighted by atomic mass is 10.2. The smallest absolute Gasteiger partial charge is 0.175 e.